The molecule has 1 fully saturated rings. The van der Waals surface area contributed by atoms with Gasteiger partial charge in [-0.1, -0.05) is 13.3 Å². The highest BCUT2D eigenvalue weighted by Gasteiger charge is 2.39. The van der Waals surface area contributed by atoms with Crippen LogP contribution in [0.1, 0.15) is 42.3 Å². The third-order valence-corrected chi connectivity index (χ3v) is 5.05. The predicted molar refractivity (Wildman–Crippen MR) is 87.8 cm³/mol. The van der Waals surface area contributed by atoms with Crippen LogP contribution in [0.15, 0.2) is 22.6 Å². The molecular weight excluding hydrogens is 294 g/mol. The van der Waals surface area contributed by atoms with Crippen LogP contribution in [-0.4, -0.2) is 30.8 Å². The Kier molecular flexibility index (Phi) is 4.06. The minimum Gasteiger partial charge on any atom is -0.497 e. The van der Waals surface area contributed by atoms with Crippen molar-refractivity contribution in [2.24, 2.45) is 5.41 Å². The van der Waals surface area contributed by atoms with Crippen molar-refractivity contribution in [3.05, 3.63) is 29.5 Å². The summed E-state index contributed by atoms with van der Waals surface area (Å²) in [6.07, 6.45) is 2.83. The van der Waals surface area contributed by atoms with Crippen molar-refractivity contribution < 1.29 is 19.1 Å². The first-order chi connectivity index (χ1) is 11.0. The smallest absolute Gasteiger partial charge is 0.255 e. The highest BCUT2D eigenvalue weighted by atomic mass is 16.5. The zero-order chi connectivity index (χ0) is 16.6. The molecule has 1 aromatic carbocycles. The fraction of sp³-hybridized carbons (Fsp3) is 0.500. The zero-order valence-electron chi connectivity index (χ0n) is 13.8. The van der Waals surface area contributed by atoms with Crippen LogP contribution in [0.5, 0.6) is 5.75 Å². The van der Waals surface area contributed by atoms with Crippen molar-refractivity contribution in [2.75, 3.05) is 13.7 Å². The van der Waals surface area contributed by atoms with Gasteiger partial charge in [-0.3, -0.25) is 4.79 Å². The van der Waals surface area contributed by atoms with E-state index in [0.717, 1.165) is 24.6 Å². The molecule has 2 N–H and O–H groups in total. The lowest BCUT2D eigenvalue weighted by Crippen LogP contribution is -2.44. The number of rotatable bonds is 4. The number of carbonyl (C=O) groups is 1. The Morgan fingerprint density at radius 2 is 2.30 bits per heavy atom. The predicted octanol–water partition coefficient (Wildman–Crippen LogP) is 3.03. The lowest BCUT2D eigenvalue weighted by Gasteiger charge is -2.30. The Morgan fingerprint density at radius 3 is 3.00 bits per heavy atom. The molecule has 5 heteroatoms. The van der Waals surface area contributed by atoms with Crippen LogP contribution in [0, 0.1) is 12.3 Å². The van der Waals surface area contributed by atoms with Crippen LogP contribution in [0.25, 0.3) is 11.0 Å². The highest BCUT2D eigenvalue weighted by Crippen LogP contribution is 2.38. The van der Waals surface area contributed by atoms with Gasteiger partial charge in [-0.15, -0.1) is 0 Å². The molecule has 1 heterocycles. The van der Waals surface area contributed by atoms with Crippen molar-refractivity contribution in [1.29, 1.82) is 0 Å². The van der Waals surface area contributed by atoms with Gasteiger partial charge in [0.2, 0.25) is 0 Å². The van der Waals surface area contributed by atoms with Gasteiger partial charge in [-0.25, -0.2) is 0 Å². The van der Waals surface area contributed by atoms with Gasteiger partial charge in [0.15, 0.2) is 0 Å². The molecule has 1 amide bonds. The number of ether oxygens (including phenoxy) is 1. The number of nitrogens with one attached hydrogen (secondary N) is 1. The number of hydrogen-bond donors (Lipinski definition) is 2. The summed E-state index contributed by atoms with van der Waals surface area (Å²) in [5, 5.41) is 13.5. The lowest BCUT2D eigenvalue weighted by molar-refractivity contribution is 0.0830. The quantitative estimate of drug-likeness (QED) is 0.909. The second-order valence-electron chi connectivity index (χ2n) is 6.63. The van der Waals surface area contributed by atoms with Gasteiger partial charge < -0.3 is 19.6 Å². The van der Waals surface area contributed by atoms with E-state index in [4.69, 9.17) is 9.15 Å². The third kappa shape index (κ3) is 2.70. The van der Waals surface area contributed by atoms with E-state index in [0.29, 0.717) is 22.7 Å². The maximum Gasteiger partial charge on any atom is 0.255 e. The molecular formula is C18H23NO4. The largest absolute Gasteiger partial charge is 0.497 e. The number of benzene rings is 1. The molecule has 23 heavy (non-hydrogen) atoms. The molecule has 1 aliphatic carbocycles. The van der Waals surface area contributed by atoms with E-state index in [1.807, 2.05) is 25.1 Å². The average molecular weight is 317 g/mol. The van der Waals surface area contributed by atoms with Gasteiger partial charge in [0.1, 0.15) is 17.1 Å². The van der Waals surface area contributed by atoms with Crippen molar-refractivity contribution >= 4 is 16.9 Å². The van der Waals surface area contributed by atoms with Gasteiger partial charge >= 0.3 is 0 Å². The van der Waals surface area contributed by atoms with Crippen molar-refractivity contribution in [1.82, 2.24) is 5.32 Å². The first kappa shape index (κ1) is 15.9. The fourth-order valence-electron chi connectivity index (χ4n) is 3.51. The minimum absolute atomic E-state index is 0.0186. The molecule has 0 radical (unpaired) electrons. The summed E-state index contributed by atoms with van der Waals surface area (Å²) in [5.74, 6) is 1.13. The topological polar surface area (TPSA) is 71.7 Å². The molecule has 0 bridgehead atoms. The number of hydrogen-bond acceptors (Lipinski definition) is 4. The molecule has 0 saturated heterocycles. The van der Waals surface area contributed by atoms with E-state index in [1.54, 1.807) is 14.0 Å². The van der Waals surface area contributed by atoms with Gasteiger partial charge in [-0.2, -0.15) is 0 Å². The number of methoxy groups -OCH3 is 1. The SMILES string of the molecule is COc1ccc2oc(C)c(C(=O)NC3CCCC3(C)CO)c2c1. The summed E-state index contributed by atoms with van der Waals surface area (Å²) >= 11 is 0. The van der Waals surface area contributed by atoms with Crippen LogP contribution >= 0.6 is 0 Å². The van der Waals surface area contributed by atoms with E-state index in [-0.39, 0.29) is 24.0 Å². The Hall–Kier alpha value is -2.01. The summed E-state index contributed by atoms with van der Waals surface area (Å²) in [6.45, 7) is 3.90. The summed E-state index contributed by atoms with van der Waals surface area (Å²) in [5.41, 5.74) is 0.969. The van der Waals surface area contributed by atoms with Gasteiger partial charge in [-0.05, 0) is 38.0 Å². The van der Waals surface area contributed by atoms with Gasteiger partial charge in [0, 0.05) is 16.8 Å². The molecule has 1 saturated carbocycles. The van der Waals surface area contributed by atoms with Crippen LogP contribution in [0.2, 0.25) is 0 Å². The summed E-state index contributed by atoms with van der Waals surface area (Å²) in [7, 11) is 1.60. The number of aliphatic hydroxyl groups is 1. The molecule has 124 valence electrons. The van der Waals surface area contributed by atoms with Gasteiger partial charge in [0.25, 0.3) is 5.91 Å². The van der Waals surface area contributed by atoms with Crippen molar-refractivity contribution in [3.8, 4) is 5.75 Å². The third-order valence-electron chi connectivity index (χ3n) is 5.05. The Labute approximate surface area is 135 Å². The Morgan fingerprint density at radius 1 is 1.52 bits per heavy atom. The normalized spacial score (nSPS) is 24.1. The molecule has 5 nitrogen and oxygen atoms in total. The summed E-state index contributed by atoms with van der Waals surface area (Å²) < 4.78 is 10.9. The van der Waals surface area contributed by atoms with E-state index in [9.17, 15) is 9.90 Å². The Balaban J connectivity index is 1.93. The first-order valence-corrected chi connectivity index (χ1v) is 7.97. The van der Waals surface area contributed by atoms with E-state index in [1.165, 1.54) is 0 Å². The van der Waals surface area contributed by atoms with Crippen LogP contribution in [-0.2, 0) is 0 Å². The minimum atomic E-state index is -0.249. The standard InChI is InChI=1S/C18H23NO4/c1-11-16(13-9-12(22-3)6-7-14(13)23-11)17(21)19-15-5-4-8-18(15,2)10-20/h6-7,9,15,20H,4-5,8,10H2,1-3H3,(H,19,21). The van der Waals surface area contributed by atoms with E-state index in [2.05, 4.69) is 5.32 Å². The van der Waals surface area contributed by atoms with Crippen LogP contribution in [0.4, 0.5) is 0 Å². The van der Waals surface area contributed by atoms with Crippen LogP contribution < -0.4 is 10.1 Å². The number of furan rings is 1. The number of aliphatic hydroxyl groups excluding tert-OH is 1. The second-order valence-corrected chi connectivity index (χ2v) is 6.63. The number of fused-ring (bicyclic) bond motifs is 1. The monoisotopic (exact) mass is 317 g/mol. The number of aryl methyl sites for hydroxylation is 1. The lowest BCUT2D eigenvalue weighted by atomic mass is 9.85. The highest BCUT2D eigenvalue weighted by molar-refractivity contribution is 6.07. The van der Waals surface area contributed by atoms with Crippen LogP contribution in [0.3, 0.4) is 0 Å². The zero-order valence-corrected chi connectivity index (χ0v) is 13.8. The fourth-order valence-corrected chi connectivity index (χ4v) is 3.51. The summed E-state index contributed by atoms with van der Waals surface area (Å²) in [6, 6.07) is 5.42. The average Bonchev–Trinajstić information content (AvgIpc) is 3.06. The molecule has 3 rings (SSSR count). The molecule has 0 aliphatic heterocycles. The van der Waals surface area contributed by atoms with Crippen molar-refractivity contribution in [3.63, 3.8) is 0 Å². The van der Waals surface area contributed by atoms with Gasteiger partial charge in [0.05, 0.1) is 19.3 Å². The first-order valence-electron chi connectivity index (χ1n) is 7.97. The van der Waals surface area contributed by atoms with E-state index >= 15 is 0 Å². The number of carbonyl (C=O) groups excluding carboxylic acids is 1. The molecule has 1 aliphatic rings. The molecule has 1 aromatic heterocycles. The van der Waals surface area contributed by atoms with Crippen molar-refractivity contribution in [2.45, 2.75) is 39.2 Å². The van der Waals surface area contributed by atoms with E-state index < -0.39 is 0 Å². The Bertz CT molecular complexity index is 736. The molecule has 2 atom stereocenters. The maximum absolute atomic E-state index is 12.8. The second kappa shape index (κ2) is 5.89. The molecule has 0 spiro atoms. The number of amides is 1. The maximum atomic E-state index is 12.8. The summed E-state index contributed by atoms with van der Waals surface area (Å²) in [4.78, 5) is 12.8. The molecule has 2 aromatic rings. The molecule has 2 unspecified atom stereocenters.